The van der Waals surface area contributed by atoms with Gasteiger partial charge in [-0.2, -0.15) is 0 Å². The van der Waals surface area contributed by atoms with Gasteiger partial charge < -0.3 is 11.1 Å². The van der Waals surface area contributed by atoms with Crippen LogP contribution < -0.4 is 11.1 Å². The van der Waals surface area contributed by atoms with E-state index in [-0.39, 0.29) is 12.3 Å². The third-order valence-electron chi connectivity index (χ3n) is 2.42. The van der Waals surface area contributed by atoms with Crippen LogP contribution in [0, 0.1) is 0 Å². The second kappa shape index (κ2) is 5.91. The summed E-state index contributed by atoms with van der Waals surface area (Å²) in [4.78, 5) is 15.9. The first kappa shape index (κ1) is 13.6. The molecule has 98 valence electrons. The standard InChI is InChI=1S/C13H11Cl2N3O/c14-10-2-1-3-11(15)13(10)18-12(19)6-9-5-4-8(16)7-17-9/h1-5,7H,6,16H2,(H,18,19). The Morgan fingerprint density at radius 3 is 2.47 bits per heavy atom. The van der Waals surface area contributed by atoms with Gasteiger partial charge in [-0.25, -0.2) is 0 Å². The Kier molecular flexibility index (Phi) is 4.24. The molecule has 0 saturated heterocycles. The molecule has 6 heteroatoms. The van der Waals surface area contributed by atoms with Gasteiger partial charge in [0.2, 0.25) is 5.91 Å². The molecule has 0 bridgehead atoms. The molecular formula is C13H11Cl2N3O. The van der Waals surface area contributed by atoms with Gasteiger partial charge in [0, 0.05) is 5.69 Å². The summed E-state index contributed by atoms with van der Waals surface area (Å²) in [6, 6.07) is 8.41. The number of carbonyl (C=O) groups is 1. The van der Waals surface area contributed by atoms with Crippen LogP contribution in [-0.4, -0.2) is 10.9 Å². The van der Waals surface area contributed by atoms with Gasteiger partial charge >= 0.3 is 0 Å². The van der Waals surface area contributed by atoms with E-state index in [1.807, 2.05) is 0 Å². The minimum Gasteiger partial charge on any atom is -0.397 e. The number of amides is 1. The quantitative estimate of drug-likeness (QED) is 0.914. The van der Waals surface area contributed by atoms with E-state index >= 15 is 0 Å². The lowest BCUT2D eigenvalue weighted by molar-refractivity contribution is -0.115. The molecule has 4 nitrogen and oxygen atoms in total. The van der Waals surface area contributed by atoms with Crippen LogP contribution in [0.1, 0.15) is 5.69 Å². The van der Waals surface area contributed by atoms with Crippen molar-refractivity contribution in [2.45, 2.75) is 6.42 Å². The summed E-state index contributed by atoms with van der Waals surface area (Å²) in [5, 5.41) is 3.46. The largest absolute Gasteiger partial charge is 0.397 e. The summed E-state index contributed by atoms with van der Waals surface area (Å²) in [6.45, 7) is 0. The molecule has 0 atom stereocenters. The number of pyridine rings is 1. The number of para-hydroxylation sites is 1. The summed E-state index contributed by atoms with van der Waals surface area (Å²) >= 11 is 11.9. The number of nitrogen functional groups attached to an aromatic ring is 1. The zero-order valence-corrected chi connectivity index (χ0v) is 11.4. The maximum atomic E-state index is 11.9. The Bertz CT molecular complexity index is 579. The minimum absolute atomic E-state index is 0.127. The molecule has 2 aromatic rings. The molecule has 1 aromatic carbocycles. The molecule has 3 N–H and O–H groups in total. The summed E-state index contributed by atoms with van der Waals surface area (Å²) in [5.74, 6) is -0.243. The van der Waals surface area contributed by atoms with Gasteiger partial charge in [0.15, 0.2) is 0 Å². The highest BCUT2D eigenvalue weighted by molar-refractivity contribution is 6.39. The number of nitrogens with zero attached hydrogens (tertiary/aromatic N) is 1. The lowest BCUT2D eigenvalue weighted by atomic mass is 10.2. The Morgan fingerprint density at radius 1 is 1.21 bits per heavy atom. The average molecular weight is 296 g/mol. The van der Waals surface area contributed by atoms with Gasteiger partial charge in [0.25, 0.3) is 0 Å². The Morgan fingerprint density at radius 2 is 1.89 bits per heavy atom. The first-order valence-corrected chi connectivity index (χ1v) is 6.26. The van der Waals surface area contributed by atoms with Crippen molar-refractivity contribution in [1.29, 1.82) is 0 Å². The molecule has 1 heterocycles. The van der Waals surface area contributed by atoms with Crippen LogP contribution in [0.5, 0.6) is 0 Å². The Labute approximate surface area is 120 Å². The van der Waals surface area contributed by atoms with Crippen molar-refractivity contribution in [2.75, 3.05) is 11.1 Å². The molecule has 19 heavy (non-hydrogen) atoms. The SMILES string of the molecule is Nc1ccc(CC(=O)Nc2c(Cl)cccc2Cl)nc1. The normalized spacial score (nSPS) is 10.2. The molecule has 2 rings (SSSR count). The molecule has 0 aliphatic carbocycles. The minimum atomic E-state index is -0.243. The maximum Gasteiger partial charge on any atom is 0.230 e. The molecular weight excluding hydrogens is 285 g/mol. The fraction of sp³-hybridized carbons (Fsp3) is 0.0769. The van der Waals surface area contributed by atoms with E-state index in [1.165, 1.54) is 6.20 Å². The number of rotatable bonds is 3. The molecule has 1 aromatic heterocycles. The van der Waals surface area contributed by atoms with Crippen LogP contribution in [0.4, 0.5) is 11.4 Å². The number of carbonyl (C=O) groups excluding carboxylic acids is 1. The number of nitrogens with two attached hydrogens (primary N) is 1. The van der Waals surface area contributed by atoms with E-state index in [4.69, 9.17) is 28.9 Å². The molecule has 0 radical (unpaired) electrons. The lowest BCUT2D eigenvalue weighted by Crippen LogP contribution is -2.15. The van der Waals surface area contributed by atoms with Crippen LogP contribution in [-0.2, 0) is 11.2 Å². The maximum absolute atomic E-state index is 11.9. The first-order chi connectivity index (χ1) is 9.06. The smallest absolute Gasteiger partial charge is 0.230 e. The predicted octanol–water partition coefficient (Wildman–Crippen LogP) is 3.15. The van der Waals surface area contributed by atoms with E-state index < -0.39 is 0 Å². The summed E-state index contributed by atoms with van der Waals surface area (Å²) in [5.41, 5.74) is 7.11. The number of hydrogen-bond acceptors (Lipinski definition) is 3. The van der Waals surface area contributed by atoms with Crippen LogP contribution in [0.15, 0.2) is 36.5 Å². The van der Waals surface area contributed by atoms with Crippen LogP contribution >= 0.6 is 23.2 Å². The molecule has 0 saturated carbocycles. The Hall–Kier alpha value is -1.78. The lowest BCUT2D eigenvalue weighted by Gasteiger charge is -2.08. The van der Waals surface area contributed by atoms with Gasteiger partial charge in [-0.3, -0.25) is 9.78 Å². The Balaban J connectivity index is 2.07. The van der Waals surface area contributed by atoms with E-state index in [0.717, 1.165) is 0 Å². The van der Waals surface area contributed by atoms with E-state index in [0.29, 0.717) is 27.1 Å². The van der Waals surface area contributed by atoms with Crippen molar-refractivity contribution in [2.24, 2.45) is 0 Å². The second-order valence-corrected chi connectivity index (χ2v) is 4.72. The van der Waals surface area contributed by atoms with Crippen molar-refractivity contribution in [3.8, 4) is 0 Å². The van der Waals surface area contributed by atoms with Crippen molar-refractivity contribution in [3.63, 3.8) is 0 Å². The molecule has 0 unspecified atom stereocenters. The highest BCUT2D eigenvalue weighted by atomic mass is 35.5. The highest BCUT2D eigenvalue weighted by Gasteiger charge is 2.10. The van der Waals surface area contributed by atoms with Crippen LogP contribution in [0.25, 0.3) is 0 Å². The van der Waals surface area contributed by atoms with Gasteiger partial charge in [0.1, 0.15) is 0 Å². The highest BCUT2D eigenvalue weighted by Crippen LogP contribution is 2.29. The zero-order chi connectivity index (χ0) is 13.8. The second-order valence-electron chi connectivity index (χ2n) is 3.90. The van der Waals surface area contributed by atoms with Crippen molar-refractivity contribution >= 4 is 40.5 Å². The topological polar surface area (TPSA) is 68.0 Å². The third kappa shape index (κ3) is 3.59. The number of hydrogen-bond donors (Lipinski definition) is 2. The first-order valence-electron chi connectivity index (χ1n) is 5.50. The fourth-order valence-corrected chi connectivity index (χ4v) is 2.00. The zero-order valence-electron chi connectivity index (χ0n) is 9.86. The summed E-state index contributed by atoms with van der Waals surface area (Å²) in [7, 11) is 0. The van der Waals surface area contributed by atoms with Gasteiger partial charge in [-0.05, 0) is 24.3 Å². The molecule has 0 aliphatic heterocycles. The molecule has 1 amide bonds. The van der Waals surface area contributed by atoms with Crippen molar-refractivity contribution in [3.05, 3.63) is 52.3 Å². The van der Waals surface area contributed by atoms with Crippen LogP contribution in [0.3, 0.4) is 0 Å². The fourth-order valence-electron chi connectivity index (χ4n) is 1.51. The van der Waals surface area contributed by atoms with Gasteiger partial charge in [-0.1, -0.05) is 29.3 Å². The van der Waals surface area contributed by atoms with Crippen LogP contribution in [0.2, 0.25) is 10.0 Å². The van der Waals surface area contributed by atoms with Gasteiger partial charge in [0.05, 0.1) is 34.0 Å². The number of aromatic nitrogens is 1. The summed E-state index contributed by atoms with van der Waals surface area (Å²) in [6.07, 6.45) is 1.63. The number of nitrogens with one attached hydrogen (secondary N) is 1. The molecule has 0 fully saturated rings. The monoisotopic (exact) mass is 295 g/mol. The molecule has 0 aliphatic rings. The van der Waals surface area contributed by atoms with E-state index in [1.54, 1.807) is 30.3 Å². The number of benzene rings is 1. The van der Waals surface area contributed by atoms with Gasteiger partial charge in [-0.15, -0.1) is 0 Å². The number of halogens is 2. The third-order valence-corrected chi connectivity index (χ3v) is 3.05. The van der Waals surface area contributed by atoms with E-state index in [2.05, 4.69) is 10.3 Å². The molecule has 0 spiro atoms. The predicted molar refractivity (Wildman–Crippen MR) is 77.4 cm³/mol. The van der Waals surface area contributed by atoms with Crippen molar-refractivity contribution in [1.82, 2.24) is 4.98 Å². The average Bonchev–Trinajstić information content (AvgIpc) is 2.37. The summed E-state index contributed by atoms with van der Waals surface area (Å²) < 4.78 is 0. The van der Waals surface area contributed by atoms with Crippen molar-refractivity contribution < 1.29 is 4.79 Å². The van der Waals surface area contributed by atoms with E-state index in [9.17, 15) is 4.79 Å². The number of anilines is 2.